The second-order valence-electron chi connectivity index (χ2n) is 6.04. The third-order valence-corrected chi connectivity index (χ3v) is 7.49. The minimum atomic E-state index is -3.32. The summed E-state index contributed by atoms with van der Waals surface area (Å²) in [5, 5.41) is -1.08. The summed E-state index contributed by atoms with van der Waals surface area (Å²) >= 11 is 0. The molecule has 1 aliphatic carbocycles. The first kappa shape index (κ1) is 15.9. The molecule has 0 heterocycles. The summed E-state index contributed by atoms with van der Waals surface area (Å²) in [4.78, 5) is 0. The van der Waals surface area contributed by atoms with E-state index < -0.39 is 35.7 Å². The van der Waals surface area contributed by atoms with E-state index in [4.69, 9.17) is 5.73 Å². The van der Waals surface area contributed by atoms with Crippen molar-refractivity contribution in [3.8, 4) is 0 Å². The highest BCUT2D eigenvalue weighted by Crippen LogP contribution is 2.29. The Labute approximate surface area is 110 Å². The molecule has 2 atom stereocenters. The molecule has 0 aliphatic heterocycles. The van der Waals surface area contributed by atoms with Crippen LogP contribution in [0.25, 0.3) is 0 Å². The lowest BCUT2D eigenvalue weighted by Gasteiger charge is -2.30. The average molecular weight is 297 g/mol. The second kappa shape index (κ2) is 5.09. The summed E-state index contributed by atoms with van der Waals surface area (Å²) in [6.07, 6.45) is 3.16. The number of nitrogens with two attached hydrogens (primary N) is 1. The Morgan fingerprint density at radius 2 is 1.61 bits per heavy atom. The molecule has 2 N–H and O–H groups in total. The summed E-state index contributed by atoms with van der Waals surface area (Å²) in [6.45, 7) is 3.34. The van der Waals surface area contributed by atoms with E-state index in [0.29, 0.717) is 19.3 Å². The Balaban J connectivity index is 2.85. The van der Waals surface area contributed by atoms with Gasteiger partial charge in [0.25, 0.3) is 0 Å². The predicted molar refractivity (Wildman–Crippen MR) is 72.9 cm³/mol. The molecule has 5 nitrogen and oxygen atoms in total. The molecule has 0 spiro atoms. The molecule has 0 bridgehead atoms. The van der Waals surface area contributed by atoms with E-state index in [1.807, 2.05) is 0 Å². The van der Waals surface area contributed by atoms with Gasteiger partial charge >= 0.3 is 0 Å². The Morgan fingerprint density at radius 3 is 2.06 bits per heavy atom. The van der Waals surface area contributed by atoms with Crippen LogP contribution in [0.15, 0.2) is 0 Å². The summed E-state index contributed by atoms with van der Waals surface area (Å²) in [5.41, 5.74) is 4.97. The minimum absolute atomic E-state index is 0.0961. The van der Waals surface area contributed by atoms with Crippen LogP contribution < -0.4 is 5.73 Å². The van der Waals surface area contributed by atoms with Gasteiger partial charge in [-0.25, -0.2) is 16.8 Å². The lowest BCUT2D eigenvalue weighted by atomic mass is 10.00. The second-order valence-corrected chi connectivity index (χ2v) is 10.6. The predicted octanol–water partition coefficient (Wildman–Crippen LogP) is 0.494. The van der Waals surface area contributed by atoms with Gasteiger partial charge in [-0.2, -0.15) is 0 Å². The number of sulfone groups is 2. The molecular weight excluding hydrogens is 274 g/mol. The molecule has 1 fully saturated rings. The minimum Gasteiger partial charge on any atom is -0.325 e. The van der Waals surface area contributed by atoms with Crippen LogP contribution in [0.1, 0.15) is 39.5 Å². The monoisotopic (exact) mass is 297 g/mol. The zero-order valence-corrected chi connectivity index (χ0v) is 12.9. The van der Waals surface area contributed by atoms with Crippen molar-refractivity contribution >= 4 is 19.7 Å². The molecule has 0 aromatic rings. The van der Waals surface area contributed by atoms with Gasteiger partial charge < -0.3 is 5.73 Å². The fourth-order valence-electron chi connectivity index (χ4n) is 2.45. The number of rotatable bonds is 4. The van der Waals surface area contributed by atoms with Crippen LogP contribution in [0.5, 0.6) is 0 Å². The van der Waals surface area contributed by atoms with Crippen LogP contribution in [0.2, 0.25) is 0 Å². The topological polar surface area (TPSA) is 94.3 Å². The maximum atomic E-state index is 12.2. The molecule has 18 heavy (non-hydrogen) atoms. The van der Waals surface area contributed by atoms with Crippen LogP contribution in [-0.2, 0) is 19.7 Å². The SMILES string of the molecule is CC(C)(N)CS(=O)(=O)C1CCCC(S(C)(=O)=O)C1. The van der Waals surface area contributed by atoms with E-state index in [9.17, 15) is 16.8 Å². The van der Waals surface area contributed by atoms with Gasteiger partial charge in [-0.1, -0.05) is 6.42 Å². The Bertz CT molecular complexity index is 488. The van der Waals surface area contributed by atoms with Crippen molar-refractivity contribution in [1.29, 1.82) is 0 Å². The lowest BCUT2D eigenvalue weighted by molar-refractivity contribution is 0.465. The molecular formula is C11H23NO4S2. The first-order valence-corrected chi connectivity index (χ1v) is 9.78. The van der Waals surface area contributed by atoms with Gasteiger partial charge in [-0.05, 0) is 33.1 Å². The van der Waals surface area contributed by atoms with Crippen LogP contribution in [0.4, 0.5) is 0 Å². The van der Waals surface area contributed by atoms with Crippen molar-refractivity contribution in [1.82, 2.24) is 0 Å². The molecule has 1 saturated carbocycles. The highest BCUT2D eigenvalue weighted by Gasteiger charge is 2.37. The largest absolute Gasteiger partial charge is 0.325 e. The van der Waals surface area contributed by atoms with E-state index in [-0.39, 0.29) is 12.2 Å². The summed E-state index contributed by atoms with van der Waals surface area (Å²) < 4.78 is 47.4. The third kappa shape index (κ3) is 4.51. The van der Waals surface area contributed by atoms with E-state index in [1.165, 1.54) is 6.26 Å². The van der Waals surface area contributed by atoms with Crippen LogP contribution in [0, 0.1) is 0 Å². The van der Waals surface area contributed by atoms with Gasteiger partial charge in [-0.3, -0.25) is 0 Å². The molecule has 0 aromatic heterocycles. The molecule has 2 unspecified atom stereocenters. The van der Waals surface area contributed by atoms with E-state index >= 15 is 0 Å². The Kier molecular flexibility index (Phi) is 4.50. The smallest absolute Gasteiger partial charge is 0.154 e. The molecule has 0 radical (unpaired) electrons. The fraction of sp³-hybridized carbons (Fsp3) is 1.00. The third-order valence-electron chi connectivity index (χ3n) is 3.26. The molecule has 0 amide bonds. The van der Waals surface area contributed by atoms with E-state index in [2.05, 4.69) is 0 Å². The van der Waals surface area contributed by atoms with Gasteiger partial charge in [0.1, 0.15) is 9.84 Å². The summed E-state index contributed by atoms with van der Waals surface area (Å²) in [7, 11) is -6.48. The van der Waals surface area contributed by atoms with Crippen molar-refractivity contribution in [2.75, 3.05) is 12.0 Å². The van der Waals surface area contributed by atoms with Crippen molar-refractivity contribution < 1.29 is 16.8 Å². The maximum absolute atomic E-state index is 12.2. The van der Waals surface area contributed by atoms with Gasteiger partial charge in [0.2, 0.25) is 0 Å². The molecule has 108 valence electrons. The summed E-state index contributed by atoms with van der Waals surface area (Å²) in [5.74, 6) is -0.0961. The zero-order chi connectivity index (χ0) is 14.2. The van der Waals surface area contributed by atoms with E-state index in [1.54, 1.807) is 13.8 Å². The Morgan fingerprint density at radius 1 is 1.11 bits per heavy atom. The van der Waals surface area contributed by atoms with Crippen molar-refractivity contribution in [2.24, 2.45) is 5.73 Å². The Hall–Kier alpha value is -0.140. The van der Waals surface area contributed by atoms with Crippen molar-refractivity contribution in [3.63, 3.8) is 0 Å². The standard InChI is InChI=1S/C11H23NO4S2/c1-11(2,12)8-18(15,16)10-6-4-5-9(7-10)17(3,13)14/h9-10H,4-8,12H2,1-3H3. The van der Waals surface area contributed by atoms with E-state index in [0.717, 1.165) is 0 Å². The van der Waals surface area contributed by atoms with Crippen molar-refractivity contribution in [2.45, 2.75) is 55.6 Å². The van der Waals surface area contributed by atoms with Crippen molar-refractivity contribution in [3.05, 3.63) is 0 Å². The lowest BCUT2D eigenvalue weighted by Crippen LogP contribution is -2.45. The molecule has 1 aliphatic rings. The number of hydrogen-bond acceptors (Lipinski definition) is 5. The van der Waals surface area contributed by atoms with Gasteiger partial charge in [0.05, 0.1) is 16.3 Å². The summed E-state index contributed by atoms with van der Waals surface area (Å²) in [6, 6.07) is 0. The highest BCUT2D eigenvalue weighted by atomic mass is 32.2. The van der Waals surface area contributed by atoms with Gasteiger partial charge in [0.15, 0.2) is 9.84 Å². The molecule has 0 saturated heterocycles. The normalized spacial score (nSPS) is 27.1. The fourth-order valence-corrected chi connectivity index (χ4v) is 6.08. The molecule has 7 heteroatoms. The van der Waals surface area contributed by atoms with Gasteiger partial charge in [0, 0.05) is 11.8 Å². The van der Waals surface area contributed by atoms with Crippen LogP contribution in [-0.4, -0.2) is 44.9 Å². The number of hydrogen-bond donors (Lipinski definition) is 1. The highest BCUT2D eigenvalue weighted by molar-refractivity contribution is 7.92. The maximum Gasteiger partial charge on any atom is 0.154 e. The zero-order valence-electron chi connectivity index (χ0n) is 11.2. The first-order chi connectivity index (χ1) is 7.92. The average Bonchev–Trinajstić information content (AvgIpc) is 2.13. The van der Waals surface area contributed by atoms with Crippen LogP contribution in [0.3, 0.4) is 0 Å². The molecule has 1 rings (SSSR count). The first-order valence-electron chi connectivity index (χ1n) is 6.11. The quantitative estimate of drug-likeness (QED) is 0.815. The van der Waals surface area contributed by atoms with Crippen LogP contribution >= 0.6 is 0 Å². The van der Waals surface area contributed by atoms with Gasteiger partial charge in [-0.15, -0.1) is 0 Å². The molecule has 0 aromatic carbocycles.